The van der Waals surface area contributed by atoms with E-state index in [9.17, 15) is 17.6 Å². The minimum Gasteiger partial charge on any atom is -0.322 e. The van der Waals surface area contributed by atoms with E-state index in [2.05, 4.69) is 21.2 Å². The highest BCUT2D eigenvalue weighted by Gasteiger charge is 2.27. The number of carbonyl (C=O) groups is 1. The van der Waals surface area contributed by atoms with E-state index in [4.69, 9.17) is 11.6 Å². The van der Waals surface area contributed by atoms with Crippen LogP contribution in [0.15, 0.2) is 76.1 Å². The van der Waals surface area contributed by atoms with Gasteiger partial charge in [-0.1, -0.05) is 57.4 Å². The fourth-order valence-electron chi connectivity index (χ4n) is 2.94. The first-order chi connectivity index (χ1) is 14.6. The molecular weight excluding hydrogens is 507 g/mol. The van der Waals surface area contributed by atoms with Gasteiger partial charge in [0.2, 0.25) is 15.9 Å². The SMILES string of the molecule is Cc1cccc(CN(CC(=O)Nc2ccc(Br)cc2F)S(=O)(=O)c2ccc(Cl)cc2)c1. The van der Waals surface area contributed by atoms with Crippen molar-refractivity contribution < 1.29 is 17.6 Å². The Balaban J connectivity index is 1.89. The van der Waals surface area contributed by atoms with Crippen LogP contribution in [0.5, 0.6) is 0 Å². The normalized spacial score (nSPS) is 11.5. The third-order valence-corrected chi connectivity index (χ3v) is 6.97. The number of carbonyl (C=O) groups excluding carboxylic acids is 1. The molecule has 31 heavy (non-hydrogen) atoms. The van der Waals surface area contributed by atoms with Gasteiger partial charge in [0.15, 0.2) is 0 Å². The minimum atomic E-state index is -4.02. The highest BCUT2D eigenvalue weighted by molar-refractivity contribution is 9.10. The van der Waals surface area contributed by atoms with Crippen molar-refractivity contribution in [2.24, 2.45) is 0 Å². The second-order valence-electron chi connectivity index (χ2n) is 6.89. The standard InChI is InChI=1S/C22H19BrClFN2O3S/c1-15-3-2-4-16(11-15)13-27(31(29,30)19-8-6-18(24)7-9-19)14-22(28)26-21-10-5-17(23)12-20(21)25/h2-12H,13-14H2,1H3,(H,26,28). The van der Waals surface area contributed by atoms with Gasteiger partial charge in [0.25, 0.3) is 0 Å². The molecule has 3 aromatic rings. The van der Waals surface area contributed by atoms with Crippen molar-refractivity contribution in [2.45, 2.75) is 18.4 Å². The Labute approximate surface area is 194 Å². The summed E-state index contributed by atoms with van der Waals surface area (Å²) >= 11 is 9.03. The number of hydrogen-bond acceptors (Lipinski definition) is 3. The van der Waals surface area contributed by atoms with Crippen molar-refractivity contribution in [1.82, 2.24) is 4.31 Å². The van der Waals surface area contributed by atoms with E-state index in [0.29, 0.717) is 9.50 Å². The fourth-order valence-corrected chi connectivity index (χ4v) is 4.78. The van der Waals surface area contributed by atoms with E-state index in [1.807, 2.05) is 25.1 Å². The Morgan fingerprint density at radius 2 is 1.81 bits per heavy atom. The Kier molecular flexibility index (Phi) is 7.48. The maximum absolute atomic E-state index is 14.1. The van der Waals surface area contributed by atoms with E-state index in [-0.39, 0.29) is 17.1 Å². The third kappa shape index (κ3) is 6.13. The molecule has 0 saturated carbocycles. The average Bonchev–Trinajstić information content (AvgIpc) is 2.70. The number of rotatable bonds is 7. The molecule has 5 nitrogen and oxygen atoms in total. The summed E-state index contributed by atoms with van der Waals surface area (Å²) in [4.78, 5) is 12.6. The van der Waals surface area contributed by atoms with Gasteiger partial charge >= 0.3 is 0 Å². The van der Waals surface area contributed by atoms with Crippen LogP contribution in [0.2, 0.25) is 5.02 Å². The van der Waals surface area contributed by atoms with Crippen LogP contribution < -0.4 is 5.32 Å². The molecule has 3 aromatic carbocycles. The highest BCUT2D eigenvalue weighted by Crippen LogP contribution is 2.22. The number of hydrogen-bond donors (Lipinski definition) is 1. The summed E-state index contributed by atoms with van der Waals surface area (Å²) in [5.74, 6) is -1.29. The Bertz CT molecular complexity index is 1200. The van der Waals surface area contributed by atoms with Crippen LogP contribution >= 0.6 is 27.5 Å². The van der Waals surface area contributed by atoms with Gasteiger partial charge in [-0.2, -0.15) is 4.31 Å². The molecular formula is C22H19BrClFN2O3S. The Morgan fingerprint density at radius 3 is 2.45 bits per heavy atom. The van der Waals surface area contributed by atoms with Crippen molar-refractivity contribution >= 4 is 49.1 Å². The van der Waals surface area contributed by atoms with Gasteiger partial charge in [-0.05, 0) is 55.0 Å². The van der Waals surface area contributed by atoms with Gasteiger partial charge in [-0.25, -0.2) is 12.8 Å². The van der Waals surface area contributed by atoms with E-state index >= 15 is 0 Å². The van der Waals surface area contributed by atoms with E-state index in [0.717, 1.165) is 15.4 Å². The number of nitrogens with zero attached hydrogens (tertiary/aromatic N) is 1. The van der Waals surface area contributed by atoms with Gasteiger partial charge in [-0.15, -0.1) is 0 Å². The lowest BCUT2D eigenvalue weighted by atomic mass is 10.1. The molecule has 0 aliphatic carbocycles. The molecule has 3 rings (SSSR count). The molecule has 0 heterocycles. The van der Waals surface area contributed by atoms with Gasteiger partial charge in [0.05, 0.1) is 17.1 Å². The zero-order valence-electron chi connectivity index (χ0n) is 16.5. The lowest BCUT2D eigenvalue weighted by molar-refractivity contribution is -0.116. The van der Waals surface area contributed by atoms with Crippen molar-refractivity contribution in [3.8, 4) is 0 Å². The Hall–Kier alpha value is -2.26. The van der Waals surface area contributed by atoms with Crippen LogP contribution in [0, 0.1) is 12.7 Å². The molecule has 0 fully saturated rings. The molecule has 0 aliphatic rings. The fraction of sp³-hybridized carbons (Fsp3) is 0.136. The predicted molar refractivity (Wildman–Crippen MR) is 123 cm³/mol. The van der Waals surface area contributed by atoms with Crippen LogP contribution in [0.3, 0.4) is 0 Å². The molecule has 1 amide bonds. The van der Waals surface area contributed by atoms with Gasteiger partial charge in [0, 0.05) is 16.0 Å². The molecule has 0 aliphatic heterocycles. The van der Waals surface area contributed by atoms with Crippen LogP contribution in [0.1, 0.15) is 11.1 Å². The number of amides is 1. The van der Waals surface area contributed by atoms with Crippen molar-refractivity contribution in [3.63, 3.8) is 0 Å². The predicted octanol–water partition coefficient (Wildman–Crippen LogP) is 5.38. The quantitative estimate of drug-likeness (QED) is 0.450. The van der Waals surface area contributed by atoms with Crippen LogP contribution in [0.4, 0.5) is 10.1 Å². The van der Waals surface area contributed by atoms with Gasteiger partial charge in [-0.3, -0.25) is 4.79 Å². The topological polar surface area (TPSA) is 66.5 Å². The molecule has 0 spiro atoms. The first-order valence-corrected chi connectivity index (χ1v) is 11.8. The molecule has 0 radical (unpaired) electrons. The average molecular weight is 526 g/mol. The number of halogens is 3. The molecule has 0 unspecified atom stereocenters. The molecule has 162 valence electrons. The smallest absolute Gasteiger partial charge is 0.243 e. The maximum Gasteiger partial charge on any atom is 0.243 e. The second kappa shape index (κ2) is 9.91. The molecule has 9 heteroatoms. The zero-order valence-corrected chi connectivity index (χ0v) is 19.6. The van der Waals surface area contributed by atoms with Crippen LogP contribution in [0.25, 0.3) is 0 Å². The van der Waals surface area contributed by atoms with E-state index in [1.165, 1.54) is 36.4 Å². The molecule has 1 N–H and O–H groups in total. The van der Waals surface area contributed by atoms with E-state index in [1.54, 1.807) is 12.1 Å². The highest BCUT2D eigenvalue weighted by atomic mass is 79.9. The van der Waals surface area contributed by atoms with Crippen molar-refractivity contribution in [2.75, 3.05) is 11.9 Å². The summed E-state index contributed by atoms with van der Waals surface area (Å²) in [6, 6.07) is 17.2. The lowest BCUT2D eigenvalue weighted by Crippen LogP contribution is -2.37. The second-order valence-corrected chi connectivity index (χ2v) is 10.2. The Morgan fingerprint density at radius 1 is 1.10 bits per heavy atom. The molecule has 0 bridgehead atoms. The van der Waals surface area contributed by atoms with Crippen LogP contribution in [-0.4, -0.2) is 25.2 Å². The number of anilines is 1. The largest absolute Gasteiger partial charge is 0.322 e. The van der Waals surface area contributed by atoms with E-state index < -0.39 is 28.3 Å². The van der Waals surface area contributed by atoms with Crippen molar-refractivity contribution in [3.05, 3.63) is 93.2 Å². The van der Waals surface area contributed by atoms with Gasteiger partial charge in [0.1, 0.15) is 5.82 Å². The summed E-state index contributed by atoms with van der Waals surface area (Å²) in [6.45, 7) is 1.38. The summed E-state index contributed by atoms with van der Waals surface area (Å²) in [7, 11) is -4.02. The first-order valence-electron chi connectivity index (χ1n) is 9.21. The number of sulfonamides is 1. The summed E-state index contributed by atoms with van der Waals surface area (Å²) in [5, 5.41) is 2.83. The molecule has 0 saturated heterocycles. The lowest BCUT2D eigenvalue weighted by Gasteiger charge is -2.22. The monoisotopic (exact) mass is 524 g/mol. The first kappa shape index (κ1) is 23.4. The summed E-state index contributed by atoms with van der Waals surface area (Å²) < 4.78 is 42.2. The van der Waals surface area contributed by atoms with Gasteiger partial charge < -0.3 is 5.32 Å². The molecule has 0 aromatic heterocycles. The summed E-state index contributed by atoms with van der Waals surface area (Å²) in [6.07, 6.45) is 0. The summed E-state index contributed by atoms with van der Waals surface area (Å²) in [5.41, 5.74) is 1.65. The van der Waals surface area contributed by atoms with Crippen LogP contribution in [-0.2, 0) is 21.4 Å². The third-order valence-electron chi connectivity index (χ3n) is 4.42. The van der Waals surface area contributed by atoms with Crippen molar-refractivity contribution in [1.29, 1.82) is 0 Å². The maximum atomic E-state index is 14.1. The minimum absolute atomic E-state index is 0.00664. The zero-order chi connectivity index (χ0) is 22.6. The number of nitrogens with one attached hydrogen (secondary N) is 1. The number of benzene rings is 3. The molecule has 0 atom stereocenters. The number of aryl methyl sites for hydroxylation is 1.